The number of hydrogen-bond donors (Lipinski definition) is 1. The Labute approximate surface area is 149 Å². The van der Waals surface area contributed by atoms with Crippen LogP contribution >= 0.6 is 15.9 Å². The highest BCUT2D eigenvalue weighted by atomic mass is 79.9. The van der Waals surface area contributed by atoms with Crippen molar-refractivity contribution in [2.45, 2.75) is 33.6 Å². The molecule has 24 heavy (non-hydrogen) atoms. The van der Waals surface area contributed by atoms with Crippen molar-refractivity contribution in [3.63, 3.8) is 0 Å². The summed E-state index contributed by atoms with van der Waals surface area (Å²) in [6, 6.07) is 9.61. The summed E-state index contributed by atoms with van der Waals surface area (Å²) in [6.45, 7) is 8.03. The first-order chi connectivity index (χ1) is 11.3. The van der Waals surface area contributed by atoms with E-state index in [1.54, 1.807) is 0 Å². The van der Waals surface area contributed by atoms with Crippen LogP contribution in [0.1, 0.15) is 36.7 Å². The largest absolute Gasteiger partial charge is 0.464 e. The Bertz CT molecular complexity index is 937. The van der Waals surface area contributed by atoms with Crippen molar-refractivity contribution in [1.82, 2.24) is 9.55 Å². The molecule has 124 valence electrons. The number of hydrogen-bond acceptors (Lipinski definition) is 2. The minimum atomic E-state index is -0.976. The van der Waals surface area contributed by atoms with Gasteiger partial charge in [0.05, 0.1) is 11.2 Å². The molecule has 0 aliphatic heterocycles. The molecule has 0 fully saturated rings. The van der Waals surface area contributed by atoms with Gasteiger partial charge in [-0.25, -0.2) is 9.36 Å². The van der Waals surface area contributed by atoms with Gasteiger partial charge in [-0.15, -0.1) is 0 Å². The van der Waals surface area contributed by atoms with E-state index in [0.29, 0.717) is 5.52 Å². The number of rotatable bonds is 2. The molecule has 0 radical (unpaired) electrons. The molecule has 2 aromatic heterocycles. The molecule has 0 aliphatic rings. The van der Waals surface area contributed by atoms with E-state index in [1.807, 2.05) is 44.2 Å². The van der Waals surface area contributed by atoms with E-state index in [2.05, 4.69) is 34.8 Å². The van der Waals surface area contributed by atoms with Crippen molar-refractivity contribution in [3.05, 3.63) is 51.8 Å². The Balaban J connectivity index is 2.51. The van der Waals surface area contributed by atoms with Gasteiger partial charge < -0.3 is 5.11 Å². The Morgan fingerprint density at radius 3 is 2.33 bits per heavy atom. The molecule has 3 aromatic rings. The van der Waals surface area contributed by atoms with Crippen LogP contribution in [0.5, 0.6) is 0 Å². The van der Waals surface area contributed by atoms with Gasteiger partial charge in [-0.2, -0.15) is 0 Å². The summed E-state index contributed by atoms with van der Waals surface area (Å²) in [6.07, 6.45) is -0.976. The molecule has 0 spiro atoms. The second kappa shape index (κ2) is 6.06. The van der Waals surface area contributed by atoms with Crippen LogP contribution in [0.3, 0.4) is 0 Å². The van der Waals surface area contributed by atoms with Crippen LogP contribution in [-0.4, -0.2) is 20.8 Å². The molecule has 1 aromatic carbocycles. The Morgan fingerprint density at radius 2 is 1.79 bits per heavy atom. The SMILES string of the molecule is Cc1cc(-c2c(C(C)C)c3cc(Br)ccc3n2C(=O)O)cc(C)n1. The fraction of sp³-hybridized carbons (Fsp3) is 0.263. The standard InChI is InChI=1S/C19H19BrN2O2/c1-10(2)17-15-9-14(20)5-6-16(15)22(19(23)24)18(17)13-7-11(3)21-12(4)8-13/h5-10H,1-4H3,(H,23,24). The fourth-order valence-electron chi connectivity index (χ4n) is 3.33. The lowest BCUT2D eigenvalue weighted by atomic mass is 9.96. The molecular weight excluding hydrogens is 368 g/mol. The van der Waals surface area contributed by atoms with Crippen LogP contribution < -0.4 is 0 Å². The summed E-state index contributed by atoms with van der Waals surface area (Å²) in [7, 11) is 0. The van der Waals surface area contributed by atoms with Gasteiger partial charge in [0.1, 0.15) is 0 Å². The normalized spacial score (nSPS) is 11.4. The zero-order valence-corrected chi connectivity index (χ0v) is 15.7. The van der Waals surface area contributed by atoms with Crippen molar-refractivity contribution in [2.24, 2.45) is 0 Å². The molecule has 0 saturated heterocycles. The van der Waals surface area contributed by atoms with Crippen molar-refractivity contribution < 1.29 is 9.90 Å². The predicted molar refractivity (Wildman–Crippen MR) is 99.9 cm³/mol. The zero-order valence-electron chi connectivity index (χ0n) is 14.1. The lowest BCUT2D eigenvalue weighted by Crippen LogP contribution is -2.10. The summed E-state index contributed by atoms with van der Waals surface area (Å²) in [5.41, 5.74) is 5.12. The minimum Gasteiger partial charge on any atom is -0.464 e. The number of aryl methyl sites for hydroxylation is 2. The third-order valence-electron chi connectivity index (χ3n) is 4.09. The maximum atomic E-state index is 12.0. The van der Waals surface area contributed by atoms with Gasteiger partial charge in [0.25, 0.3) is 0 Å². The summed E-state index contributed by atoms with van der Waals surface area (Å²) >= 11 is 3.50. The predicted octanol–water partition coefficient (Wildman–Crippen LogP) is 5.73. The number of fused-ring (bicyclic) bond motifs is 1. The van der Waals surface area contributed by atoms with Gasteiger partial charge >= 0.3 is 6.09 Å². The summed E-state index contributed by atoms with van der Waals surface area (Å²) in [5, 5.41) is 10.8. The van der Waals surface area contributed by atoms with E-state index >= 15 is 0 Å². The maximum Gasteiger partial charge on any atom is 0.416 e. The Morgan fingerprint density at radius 1 is 1.17 bits per heavy atom. The van der Waals surface area contributed by atoms with Crippen molar-refractivity contribution in [3.8, 4) is 11.3 Å². The molecular formula is C19H19BrN2O2. The lowest BCUT2D eigenvalue weighted by molar-refractivity contribution is 0.198. The van der Waals surface area contributed by atoms with E-state index in [9.17, 15) is 9.90 Å². The summed E-state index contributed by atoms with van der Waals surface area (Å²) in [4.78, 5) is 16.4. The van der Waals surface area contributed by atoms with E-state index in [4.69, 9.17) is 0 Å². The monoisotopic (exact) mass is 386 g/mol. The Kier molecular flexibility index (Phi) is 4.22. The second-order valence-corrected chi connectivity index (χ2v) is 7.25. The molecule has 0 aliphatic carbocycles. The highest BCUT2D eigenvalue weighted by Crippen LogP contribution is 2.39. The van der Waals surface area contributed by atoms with Gasteiger partial charge in [-0.3, -0.25) is 4.98 Å². The molecule has 0 amide bonds. The van der Waals surface area contributed by atoms with Crippen molar-refractivity contribution in [2.75, 3.05) is 0 Å². The molecule has 5 heteroatoms. The highest BCUT2D eigenvalue weighted by molar-refractivity contribution is 9.10. The molecule has 3 rings (SSSR count). The molecule has 0 atom stereocenters. The van der Waals surface area contributed by atoms with Crippen LogP contribution in [0.25, 0.3) is 22.2 Å². The van der Waals surface area contributed by atoms with E-state index < -0.39 is 6.09 Å². The van der Waals surface area contributed by atoms with Crippen LogP contribution in [0.4, 0.5) is 4.79 Å². The molecule has 2 heterocycles. The number of pyridine rings is 1. The van der Waals surface area contributed by atoms with E-state index in [0.717, 1.165) is 38.1 Å². The van der Waals surface area contributed by atoms with Crippen molar-refractivity contribution in [1.29, 1.82) is 0 Å². The number of carbonyl (C=O) groups is 1. The molecule has 4 nitrogen and oxygen atoms in total. The third kappa shape index (κ3) is 2.73. The molecule has 0 saturated carbocycles. The van der Waals surface area contributed by atoms with Crippen LogP contribution in [0.2, 0.25) is 0 Å². The first kappa shape index (κ1) is 16.7. The average molecular weight is 387 g/mol. The smallest absolute Gasteiger partial charge is 0.416 e. The number of aromatic nitrogens is 2. The first-order valence-corrected chi connectivity index (χ1v) is 8.61. The van der Waals surface area contributed by atoms with Gasteiger partial charge in [-0.05, 0) is 55.7 Å². The maximum absolute atomic E-state index is 12.0. The molecule has 0 unspecified atom stereocenters. The van der Waals surface area contributed by atoms with Crippen LogP contribution in [0.15, 0.2) is 34.8 Å². The number of nitrogens with zero attached hydrogens (tertiary/aromatic N) is 2. The van der Waals surface area contributed by atoms with Crippen molar-refractivity contribution >= 4 is 32.9 Å². The van der Waals surface area contributed by atoms with E-state index in [-0.39, 0.29) is 5.92 Å². The minimum absolute atomic E-state index is 0.186. The van der Waals surface area contributed by atoms with Gasteiger partial charge in [-0.1, -0.05) is 29.8 Å². The summed E-state index contributed by atoms with van der Waals surface area (Å²) in [5.74, 6) is 0.186. The fourth-order valence-corrected chi connectivity index (χ4v) is 3.69. The number of benzene rings is 1. The molecule has 0 bridgehead atoms. The quantitative estimate of drug-likeness (QED) is 0.611. The average Bonchev–Trinajstić information content (AvgIpc) is 2.80. The van der Waals surface area contributed by atoms with E-state index in [1.165, 1.54) is 4.57 Å². The summed E-state index contributed by atoms with van der Waals surface area (Å²) < 4.78 is 2.33. The lowest BCUT2D eigenvalue weighted by Gasteiger charge is -2.12. The number of carboxylic acid groups (broad SMARTS) is 1. The third-order valence-corrected chi connectivity index (χ3v) is 4.59. The topological polar surface area (TPSA) is 55.1 Å². The first-order valence-electron chi connectivity index (χ1n) is 7.82. The number of halogens is 1. The van der Waals surface area contributed by atoms with Gasteiger partial charge in [0.2, 0.25) is 0 Å². The highest BCUT2D eigenvalue weighted by Gasteiger charge is 2.24. The van der Waals surface area contributed by atoms with Gasteiger partial charge in [0.15, 0.2) is 0 Å². The second-order valence-electron chi connectivity index (χ2n) is 6.34. The van der Waals surface area contributed by atoms with Gasteiger partial charge in [0, 0.05) is 26.8 Å². The molecule has 1 N–H and O–H groups in total. The Hall–Kier alpha value is -2.14. The van der Waals surface area contributed by atoms with Crippen LogP contribution in [0, 0.1) is 13.8 Å². The van der Waals surface area contributed by atoms with Crippen LogP contribution in [-0.2, 0) is 0 Å². The zero-order chi connectivity index (χ0) is 17.6.